The van der Waals surface area contributed by atoms with Gasteiger partial charge in [-0.1, -0.05) is 0 Å². The van der Waals surface area contributed by atoms with E-state index in [4.69, 9.17) is 18.9 Å². The van der Waals surface area contributed by atoms with Gasteiger partial charge in [-0.2, -0.15) is 0 Å². The predicted molar refractivity (Wildman–Crippen MR) is 58.6 cm³/mol. The zero-order valence-corrected chi connectivity index (χ0v) is 10.8. The third-order valence-corrected chi connectivity index (χ3v) is 2.34. The Morgan fingerprint density at radius 2 is 1.53 bits per heavy atom. The number of hydrogen-bond donors (Lipinski definition) is 1. The van der Waals surface area contributed by atoms with Crippen molar-refractivity contribution in [3.05, 3.63) is 0 Å². The van der Waals surface area contributed by atoms with E-state index < -0.39 is 42.5 Å². The van der Waals surface area contributed by atoms with Gasteiger partial charge in [-0.05, 0) is 0 Å². The van der Waals surface area contributed by atoms with Crippen LogP contribution in [0.25, 0.3) is 0 Å². The predicted octanol–water partition coefficient (Wildman–Crippen LogP) is -0.870. The summed E-state index contributed by atoms with van der Waals surface area (Å²) >= 11 is 0. The summed E-state index contributed by atoms with van der Waals surface area (Å²) in [5.74, 6) is -1.83. The maximum Gasteiger partial charge on any atom is 0.303 e. The van der Waals surface area contributed by atoms with Gasteiger partial charge in [0.2, 0.25) is 0 Å². The first-order chi connectivity index (χ1) is 8.81. The highest BCUT2D eigenvalue weighted by atomic mass is 16.7. The Kier molecular flexibility index (Phi) is 5.25. The number of carbonyl (C=O) groups excluding carboxylic acids is 3. The zero-order chi connectivity index (χ0) is 14.6. The summed E-state index contributed by atoms with van der Waals surface area (Å²) in [5, 5.41) is 9.63. The van der Waals surface area contributed by atoms with E-state index in [1.54, 1.807) is 0 Å². The molecule has 0 spiro atoms. The Morgan fingerprint density at radius 3 is 2.00 bits per heavy atom. The van der Waals surface area contributed by atoms with Crippen molar-refractivity contribution in [2.24, 2.45) is 0 Å². The first-order valence-corrected chi connectivity index (χ1v) is 5.62. The number of rotatable bonds is 4. The van der Waals surface area contributed by atoms with Crippen LogP contribution >= 0.6 is 0 Å². The minimum atomic E-state index is -1.45. The van der Waals surface area contributed by atoms with Crippen LogP contribution in [0, 0.1) is 0 Å². The number of carbonyl (C=O) groups is 3. The van der Waals surface area contributed by atoms with Crippen molar-refractivity contribution in [2.75, 3.05) is 6.61 Å². The minimum Gasteiger partial charge on any atom is -0.463 e. The van der Waals surface area contributed by atoms with Crippen LogP contribution in [0.2, 0.25) is 0 Å². The number of aliphatic hydroxyl groups is 1. The van der Waals surface area contributed by atoms with Crippen molar-refractivity contribution in [3.63, 3.8) is 0 Å². The summed E-state index contributed by atoms with van der Waals surface area (Å²) in [6, 6.07) is 0. The molecule has 8 nitrogen and oxygen atoms in total. The van der Waals surface area contributed by atoms with Crippen molar-refractivity contribution >= 4 is 17.9 Å². The van der Waals surface area contributed by atoms with Crippen LogP contribution in [0.3, 0.4) is 0 Å². The van der Waals surface area contributed by atoms with Gasteiger partial charge in [0.05, 0.1) is 0 Å². The largest absolute Gasteiger partial charge is 0.463 e. The van der Waals surface area contributed by atoms with Crippen LogP contribution in [-0.4, -0.2) is 54.2 Å². The van der Waals surface area contributed by atoms with Gasteiger partial charge in [0.25, 0.3) is 0 Å². The number of hydrogen-bond acceptors (Lipinski definition) is 8. The molecule has 0 aromatic heterocycles. The fourth-order valence-electron chi connectivity index (χ4n) is 1.69. The molecule has 4 atom stereocenters. The third-order valence-electron chi connectivity index (χ3n) is 2.34. The van der Waals surface area contributed by atoms with E-state index in [1.807, 2.05) is 0 Å². The molecule has 1 N–H and O–H groups in total. The molecule has 1 fully saturated rings. The molecule has 3 unspecified atom stereocenters. The first-order valence-electron chi connectivity index (χ1n) is 5.62. The van der Waals surface area contributed by atoms with Gasteiger partial charge in [0.1, 0.15) is 12.7 Å². The number of aliphatic hydroxyl groups excluding tert-OH is 1. The molecule has 0 radical (unpaired) electrons. The van der Waals surface area contributed by atoms with Crippen molar-refractivity contribution in [3.8, 4) is 0 Å². The van der Waals surface area contributed by atoms with Crippen LogP contribution in [0.4, 0.5) is 0 Å². The van der Waals surface area contributed by atoms with Crippen molar-refractivity contribution in [1.29, 1.82) is 0 Å². The maximum absolute atomic E-state index is 11.0. The second-order valence-electron chi connectivity index (χ2n) is 4.02. The Hall–Kier alpha value is -1.67. The molecule has 108 valence electrons. The molecular formula is C11H16O8. The molecule has 0 aromatic rings. The third kappa shape index (κ3) is 4.49. The van der Waals surface area contributed by atoms with E-state index in [0.29, 0.717) is 0 Å². The molecule has 1 aliphatic heterocycles. The van der Waals surface area contributed by atoms with E-state index >= 15 is 0 Å². The quantitative estimate of drug-likeness (QED) is 0.521. The van der Waals surface area contributed by atoms with Crippen molar-refractivity contribution < 1.29 is 38.4 Å². The maximum atomic E-state index is 11.0. The lowest BCUT2D eigenvalue weighted by atomic mass is 10.1. The summed E-state index contributed by atoms with van der Waals surface area (Å²) in [5.41, 5.74) is 0. The molecule has 1 rings (SSSR count). The van der Waals surface area contributed by atoms with Crippen molar-refractivity contribution in [1.82, 2.24) is 0 Å². The summed E-state index contributed by atoms with van der Waals surface area (Å²) < 4.78 is 19.6. The topological polar surface area (TPSA) is 108 Å². The lowest BCUT2D eigenvalue weighted by molar-refractivity contribution is -0.174. The van der Waals surface area contributed by atoms with Gasteiger partial charge in [0.15, 0.2) is 18.5 Å². The average molecular weight is 276 g/mol. The molecule has 1 aliphatic rings. The second kappa shape index (κ2) is 6.48. The molecule has 0 bridgehead atoms. The highest BCUT2D eigenvalue weighted by Crippen LogP contribution is 2.26. The monoisotopic (exact) mass is 276 g/mol. The van der Waals surface area contributed by atoms with Crippen LogP contribution in [-0.2, 0) is 33.3 Å². The summed E-state index contributed by atoms with van der Waals surface area (Å²) in [4.78, 5) is 32.7. The van der Waals surface area contributed by atoms with E-state index in [2.05, 4.69) is 0 Å². The molecule has 8 heteroatoms. The van der Waals surface area contributed by atoms with Crippen LogP contribution < -0.4 is 0 Å². The Balaban J connectivity index is 2.76. The number of ether oxygens (including phenoxy) is 4. The lowest BCUT2D eigenvalue weighted by Crippen LogP contribution is -2.41. The summed E-state index contributed by atoms with van der Waals surface area (Å²) in [7, 11) is 0. The van der Waals surface area contributed by atoms with Crippen LogP contribution in [0.1, 0.15) is 20.8 Å². The first kappa shape index (κ1) is 15.4. The Bertz CT molecular complexity index is 366. The molecule has 1 saturated heterocycles. The highest BCUT2D eigenvalue weighted by molar-refractivity contribution is 5.67. The molecular weight excluding hydrogens is 260 g/mol. The van der Waals surface area contributed by atoms with Gasteiger partial charge in [-0.25, -0.2) is 0 Å². The summed E-state index contributed by atoms with van der Waals surface area (Å²) in [6.07, 6.45) is -4.53. The summed E-state index contributed by atoms with van der Waals surface area (Å²) in [6.45, 7) is 3.30. The van der Waals surface area contributed by atoms with E-state index in [1.165, 1.54) is 13.8 Å². The van der Waals surface area contributed by atoms with Gasteiger partial charge < -0.3 is 24.1 Å². The fraction of sp³-hybridized carbons (Fsp3) is 0.727. The van der Waals surface area contributed by atoms with E-state index in [0.717, 1.165) is 6.92 Å². The van der Waals surface area contributed by atoms with Gasteiger partial charge in [-0.15, -0.1) is 0 Å². The molecule has 0 saturated carbocycles. The smallest absolute Gasteiger partial charge is 0.303 e. The SMILES string of the molecule is CC(=O)OCC1O[C@@H](O)C(OC(C)=O)C1OC(C)=O. The zero-order valence-electron chi connectivity index (χ0n) is 10.8. The molecule has 0 aromatic carbocycles. The fourth-order valence-corrected chi connectivity index (χ4v) is 1.69. The van der Waals surface area contributed by atoms with Gasteiger partial charge >= 0.3 is 17.9 Å². The van der Waals surface area contributed by atoms with Crippen LogP contribution in [0.5, 0.6) is 0 Å². The minimum absolute atomic E-state index is 0.220. The van der Waals surface area contributed by atoms with Gasteiger partial charge in [0, 0.05) is 20.8 Å². The number of esters is 3. The molecule has 0 aliphatic carbocycles. The van der Waals surface area contributed by atoms with E-state index in [-0.39, 0.29) is 6.61 Å². The van der Waals surface area contributed by atoms with Gasteiger partial charge in [-0.3, -0.25) is 14.4 Å². The highest BCUT2D eigenvalue weighted by Gasteiger charge is 2.48. The lowest BCUT2D eigenvalue weighted by Gasteiger charge is -2.21. The Morgan fingerprint density at radius 1 is 1.00 bits per heavy atom. The van der Waals surface area contributed by atoms with Crippen molar-refractivity contribution in [2.45, 2.75) is 45.4 Å². The standard InChI is InChI=1S/C11H16O8/c1-5(12)16-4-8-9(17-6(2)13)10(11(15)19-8)18-7(3)14/h8-11,15H,4H2,1-3H3/t8?,9?,10?,11-/m1/s1. The normalized spacial score (nSPS) is 29.7. The molecule has 19 heavy (non-hydrogen) atoms. The Labute approximate surface area is 109 Å². The average Bonchev–Trinajstić information content (AvgIpc) is 2.53. The van der Waals surface area contributed by atoms with Crippen LogP contribution in [0.15, 0.2) is 0 Å². The second-order valence-corrected chi connectivity index (χ2v) is 4.02. The molecule has 1 heterocycles. The van der Waals surface area contributed by atoms with E-state index in [9.17, 15) is 19.5 Å². The molecule has 0 amide bonds.